The zero-order valence-corrected chi connectivity index (χ0v) is 18.2. The molecule has 7 nitrogen and oxygen atoms in total. The van der Waals surface area contributed by atoms with Crippen molar-refractivity contribution < 1.29 is 28.4 Å². The van der Waals surface area contributed by atoms with Crippen LogP contribution in [0.25, 0.3) is 0 Å². The first-order valence-corrected chi connectivity index (χ1v) is 10.8. The fourth-order valence-electron chi connectivity index (χ4n) is 4.32. The first-order chi connectivity index (χ1) is 12.7. The molecule has 3 saturated heterocycles. The molecule has 4 fully saturated rings. The third kappa shape index (κ3) is 4.53. The molecule has 1 aliphatic carbocycles. The second-order valence-electron chi connectivity index (χ2n) is 8.71. The minimum absolute atomic E-state index is 0.242. The first-order valence-electron chi connectivity index (χ1n) is 9.97. The van der Waals surface area contributed by atoms with E-state index in [4.69, 9.17) is 33.4 Å². The zero-order valence-electron chi connectivity index (χ0n) is 16.5. The Kier molecular flexibility index (Phi) is 5.62. The normalized spacial score (nSPS) is 41.6. The quantitative estimate of drug-likeness (QED) is 0.376. The van der Waals surface area contributed by atoms with Gasteiger partial charge in [0.2, 0.25) is 0 Å². The summed E-state index contributed by atoms with van der Waals surface area (Å²) in [5, 5.41) is 0. The maximum absolute atomic E-state index is 6.24. The molecule has 1 saturated carbocycles. The van der Waals surface area contributed by atoms with Gasteiger partial charge in [0.25, 0.3) is 0 Å². The molecule has 0 aromatic rings. The third-order valence-electron chi connectivity index (χ3n) is 5.52. The van der Waals surface area contributed by atoms with Crippen molar-refractivity contribution in [2.24, 2.45) is 4.99 Å². The van der Waals surface area contributed by atoms with Crippen LogP contribution < -0.4 is 0 Å². The Balaban J connectivity index is 1.49. The number of rotatable bonds is 3. The molecule has 4 aliphatic rings. The molecule has 0 bridgehead atoms. The third-order valence-corrected chi connectivity index (χ3v) is 5.95. The Morgan fingerprint density at radius 3 is 2.37 bits per heavy atom. The topological polar surface area (TPSA) is 67.7 Å². The van der Waals surface area contributed by atoms with Crippen LogP contribution in [0.5, 0.6) is 0 Å². The van der Waals surface area contributed by atoms with Gasteiger partial charge in [0, 0.05) is 0 Å². The van der Waals surface area contributed by atoms with Crippen LogP contribution in [0.1, 0.15) is 59.8 Å². The summed E-state index contributed by atoms with van der Waals surface area (Å²) in [6.07, 6.45) is 4.22. The van der Waals surface area contributed by atoms with Gasteiger partial charge in [-0.1, -0.05) is 0 Å². The van der Waals surface area contributed by atoms with E-state index in [1.165, 1.54) is 19.3 Å². The van der Waals surface area contributed by atoms with Crippen molar-refractivity contribution in [2.75, 3.05) is 6.61 Å². The van der Waals surface area contributed by atoms with Crippen molar-refractivity contribution in [3.8, 4) is 0 Å². The van der Waals surface area contributed by atoms with Crippen LogP contribution in [0, 0.1) is 0 Å². The molecule has 0 amide bonds. The van der Waals surface area contributed by atoms with Gasteiger partial charge in [-0.2, -0.15) is 0 Å². The van der Waals surface area contributed by atoms with Crippen molar-refractivity contribution >= 4 is 20.8 Å². The molecule has 0 unspecified atom stereocenters. The molecule has 3 heterocycles. The van der Waals surface area contributed by atoms with E-state index in [0.29, 0.717) is 17.4 Å². The van der Waals surface area contributed by atoms with Crippen LogP contribution in [-0.4, -0.2) is 75.7 Å². The molecule has 8 heteroatoms. The number of ether oxygens (including phenoxy) is 6. The minimum atomic E-state index is -0.702. The second-order valence-corrected chi connectivity index (χ2v) is 9.44. The van der Waals surface area contributed by atoms with Crippen molar-refractivity contribution in [1.29, 1.82) is 0 Å². The fourth-order valence-corrected chi connectivity index (χ4v) is 4.87. The number of aliphatic imine (C=N–C) groups is 1. The van der Waals surface area contributed by atoms with Crippen molar-refractivity contribution in [3.05, 3.63) is 0 Å². The van der Waals surface area contributed by atoms with E-state index in [9.17, 15) is 0 Å². The number of fused-ring (bicyclic) bond motifs is 1. The second kappa shape index (κ2) is 7.56. The SMILES string of the molecule is CC1(C)O[C@H]2O[C@H]([C@H]3COC(C)(C)O3)[C@H](OC([Se])=NC3CCCCC3)[C@H]2O1. The molecular weight excluding hydrogens is 417 g/mol. The van der Waals surface area contributed by atoms with Crippen LogP contribution >= 0.6 is 0 Å². The van der Waals surface area contributed by atoms with E-state index >= 15 is 0 Å². The molecule has 27 heavy (non-hydrogen) atoms. The fraction of sp³-hybridized carbons (Fsp3) is 0.947. The Morgan fingerprint density at radius 2 is 1.70 bits per heavy atom. The molecule has 0 N–H and O–H groups in total. The van der Waals surface area contributed by atoms with Crippen LogP contribution in [0.3, 0.4) is 0 Å². The predicted octanol–water partition coefficient (Wildman–Crippen LogP) is 2.26. The van der Waals surface area contributed by atoms with Crippen LogP contribution in [0.15, 0.2) is 4.99 Å². The summed E-state index contributed by atoms with van der Waals surface area (Å²) in [5.74, 6) is -1.33. The molecule has 4 rings (SSSR count). The Labute approximate surface area is 169 Å². The summed E-state index contributed by atoms with van der Waals surface area (Å²) < 4.78 is 36.1. The molecule has 5 atom stereocenters. The van der Waals surface area contributed by atoms with Gasteiger partial charge in [0.15, 0.2) is 0 Å². The van der Waals surface area contributed by atoms with Crippen LogP contribution in [-0.2, 0) is 28.4 Å². The summed E-state index contributed by atoms with van der Waals surface area (Å²) in [6, 6.07) is 0.328. The van der Waals surface area contributed by atoms with E-state index in [1.54, 1.807) is 0 Å². The van der Waals surface area contributed by atoms with Gasteiger partial charge >= 0.3 is 169 Å². The van der Waals surface area contributed by atoms with Crippen molar-refractivity contribution in [3.63, 3.8) is 0 Å². The van der Waals surface area contributed by atoms with Crippen molar-refractivity contribution in [2.45, 2.75) is 108 Å². The Morgan fingerprint density at radius 1 is 0.963 bits per heavy atom. The summed E-state index contributed by atoms with van der Waals surface area (Å²) in [5.41, 5.74) is 0. The first kappa shape index (κ1) is 20.1. The summed E-state index contributed by atoms with van der Waals surface area (Å²) in [7, 11) is 0. The maximum atomic E-state index is 6.24. The van der Waals surface area contributed by atoms with E-state index in [0.717, 1.165) is 12.8 Å². The number of hydrogen-bond acceptors (Lipinski definition) is 7. The van der Waals surface area contributed by atoms with Gasteiger partial charge in [0.1, 0.15) is 0 Å². The molecule has 0 spiro atoms. The van der Waals surface area contributed by atoms with Gasteiger partial charge in [-0.05, 0) is 0 Å². The average molecular weight is 447 g/mol. The Bertz CT molecular complexity index is 577. The molecule has 1 radical (unpaired) electrons. The summed E-state index contributed by atoms with van der Waals surface area (Å²) >= 11 is 2.98. The molecule has 0 aromatic heterocycles. The molecule has 0 aromatic carbocycles. The Hall–Kier alpha value is -0.211. The van der Waals surface area contributed by atoms with E-state index in [1.807, 2.05) is 27.7 Å². The average Bonchev–Trinajstić information content (AvgIpc) is 3.19. The number of nitrogens with zero attached hydrogens (tertiary/aromatic N) is 1. The van der Waals surface area contributed by atoms with Crippen molar-refractivity contribution in [1.82, 2.24) is 0 Å². The van der Waals surface area contributed by atoms with Crippen LogP contribution in [0.2, 0.25) is 0 Å². The van der Waals surface area contributed by atoms with Gasteiger partial charge in [-0.15, -0.1) is 0 Å². The summed E-state index contributed by atoms with van der Waals surface area (Å²) in [6.45, 7) is 8.02. The monoisotopic (exact) mass is 448 g/mol. The summed E-state index contributed by atoms with van der Waals surface area (Å²) in [4.78, 5) is 5.32. The van der Waals surface area contributed by atoms with Gasteiger partial charge in [-0.3, -0.25) is 0 Å². The van der Waals surface area contributed by atoms with E-state index in [-0.39, 0.29) is 24.4 Å². The number of hydrogen-bond donors (Lipinski definition) is 0. The van der Waals surface area contributed by atoms with E-state index < -0.39 is 17.9 Å². The molecule has 153 valence electrons. The van der Waals surface area contributed by atoms with E-state index in [2.05, 4.69) is 16.0 Å². The van der Waals surface area contributed by atoms with Crippen LogP contribution in [0.4, 0.5) is 0 Å². The zero-order chi connectivity index (χ0) is 19.2. The molecule has 3 aliphatic heterocycles. The van der Waals surface area contributed by atoms with Gasteiger partial charge in [-0.25, -0.2) is 0 Å². The predicted molar refractivity (Wildman–Crippen MR) is 98.5 cm³/mol. The van der Waals surface area contributed by atoms with Gasteiger partial charge in [0.05, 0.1) is 0 Å². The standard InChI is InChI=1S/C19H30NO6Se/c1-18(2)21-10-12(24-18)13-14(15-16(22-13)26-19(3,4)25-15)23-17(27)20-11-8-6-5-7-9-11/h11-16H,5-10H2,1-4H3/t12-,13-,14+,15-,16-/m1/s1. The van der Waals surface area contributed by atoms with Gasteiger partial charge < -0.3 is 0 Å². The molecular formula is C19H30NO6Se.